The lowest BCUT2D eigenvalue weighted by Crippen LogP contribution is -2.89. The van der Waals surface area contributed by atoms with Crippen LogP contribution in [0.1, 0.15) is 30.6 Å². The number of rotatable bonds is 10. The van der Waals surface area contributed by atoms with Gasteiger partial charge in [0.1, 0.15) is 25.3 Å². The van der Waals surface area contributed by atoms with Crippen LogP contribution in [0.3, 0.4) is 0 Å². The van der Waals surface area contributed by atoms with Gasteiger partial charge in [0.25, 0.3) is 0 Å². The maximum absolute atomic E-state index is 10.2. The number of hydrogen-bond donors (Lipinski definition) is 3. The van der Waals surface area contributed by atoms with E-state index in [4.69, 9.17) is 9.47 Å². The van der Waals surface area contributed by atoms with Crippen LogP contribution in [0.15, 0.2) is 48.5 Å². The molecular weight excluding hydrogens is 318 g/mol. The summed E-state index contributed by atoms with van der Waals surface area (Å²) in [6.07, 6.45) is 0.237. The highest BCUT2D eigenvalue weighted by atomic mass is 16.5. The van der Waals surface area contributed by atoms with E-state index in [1.54, 1.807) is 7.11 Å². The summed E-state index contributed by atoms with van der Waals surface area (Å²) in [4.78, 5) is 0. The summed E-state index contributed by atoms with van der Waals surface area (Å²) >= 11 is 0. The minimum atomic E-state index is -0.686. The Morgan fingerprint density at radius 1 is 1.08 bits per heavy atom. The zero-order chi connectivity index (χ0) is 18.1. The SMILES string of the molecule is CC[C@@H](CO)[NH2+]Cc1ccc(OC[C@H](O)c2ccccc2)c(OC)c1. The van der Waals surface area contributed by atoms with Crippen molar-refractivity contribution in [3.8, 4) is 11.5 Å². The molecule has 0 saturated carbocycles. The van der Waals surface area contributed by atoms with Crippen molar-refractivity contribution in [2.24, 2.45) is 0 Å². The second-order valence-corrected chi connectivity index (χ2v) is 6.01. The van der Waals surface area contributed by atoms with Crippen molar-refractivity contribution < 1.29 is 25.0 Å². The third-order valence-electron chi connectivity index (χ3n) is 4.25. The number of hydrogen-bond acceptors (Lipinski definition) is 4. The van der Waals surface area contributed by atoms with Crippen LogP contribution in [-0.4, -0.2) is 36.6 Å². The fourth-order valence-corrected chi connectivity index (χ4v) is 2.57. The summed E-state index contributed by atoms with van der Waals surface area (Å²) in [5, 5.41) is 21.6. The van der Waals surface area contributed by atoms with Crippen molar-refractivity contribution in [3.63, 3.8) is 0 Å². The van der Waals surface area contributed by atoms with Crippen LogP contribution in [0, 0.1) is 0 Å². The summed E-state index contributed by atoms with van der Waals surface area (Å²) in [5.41, 5.74) is 1.92. The van der Waals surface area contributed by atoms with E-state index in [9.17, 15) is 10.2 Å². The first-order chi connectivity index (χ1) is 12.2. The standard InChI is InChI=1S/C20H27NO4/c1-3-17(13-22)21-12-15-9-10-19(20(11-15)24-2)25-14-18(23)16-7-5-4-6-8-16/h4-11,17-18,21-23H,3,12-14H2,1-2H3/p+1/t17-,18-/m0/s1. The monoisotopic (exact) mass is 346 g/mol. The Morgan fingerprint density at radius 2 is 1.84 bits per heavy atom. The molecule has 2 atom stereocenters. The highest BCUT2D eigenvalue weighted by Gasteiger charge is 2.13. The molecule has 0 bridgehead atoms. The highest BCUT2D eigenvalue weighted by Crippen LogP contribution is 2.29. The molecule has 0 aliphatic rings. The average Bonchev–Trinajstić information content (AvgIpc) is 2.67. The first-order valence-electron chi connectivity index (χ1n) is 8.64. The molecule has 0 spiro atoms. The van der Waals surface area contributed by atoms with E-state index in [0.717, 1.165) is 24.1 Å². The van der Waals surface area contributed by atoms with Gasteiger partial charge >= 0.3 is 0 Å². The second kappa shape index (κ2) is 10.0. The number of aliphatic hydroxyl groups is 2. The molecular formula is C20H28NO4+. The van der Waals surface area contributed by atoms with Crippen molar-refractivity contribution in [1.82, 2.24) is 0 Å². The Kier molecular flexibility index (Phi) is 7.73. The molecule has 5 heteroatoms. The zero-order valence-corrected chi connectivity index (χ0v) is 14.9. The van der Waals surface area contributed by atoms with E-state index in [-0.39, 0.29) is 19.3 Å². The Balaban J connectivity index is 1.96. The average molecular weight is 346 g/mol. The Hall–Kier alpha value is -2.08. The summed E-state index contributed by atoms with van der Waals surface area (Å²) in [5.74, 6) is 1.25. The van der Waals surface area contributed by atoms with E-state index in [0.29, 0.717) is 11.5 Å². The largest absolute Gasteiger partial charge is 0.493 e. The predicted octanol–water partition coefficient (Wildman–Crippen LogP) is 1.64. The first-order valence-corrected chi connectivity index (χ1v) is 8.64. The van der Waals surface area contributed by atoms with Gasteiger partial charge in [-0.1, -0.05) is 37.3 Å². The predicted molar refractivity (Wildman–Crippen MR) is 96.7 cm³/mol. The van der Waals surface area contributed by atoms with Gasteiger partial charge in [0.05, 0.1) is 13.7 Å². The molecule has 5 nitrogen and oxygen atoms in total. The van der Waals surface area contributed by atoms with Gasteiger partial charge in [0.2, 0.25) is 0 Å². The van der Waals surface area contributed by atoms with Gasteiger partial charge in [-0.2, -0.15) is 0 Å². The van der Waals surface area contributed by atoms with Crippen LogP contribution in [0.2, 0.25) is 0 Å². The maximum Gasteiger partial charge on any atom is 0.161 e. The lowest BCUT2D eigenvalue weighted by Gasteiger charge is -2.16. The van der Waals surface area contributed by atoms with Gasteiger partial charge in [0.15, 0.2) is 11.5 Å². The molecule has 0 heterocycles. The summed E-state index contributed by atoms with van der Waals surface area (Å²) in [7, 11) is 1.60. The van der Waals surface area contributed by atoms with Crippen molar-refractivity contribution >= 4 is 0 Å². The van der Waals surface area contributed by atoms with Gasteiger partial charge < -0.3 is 25.0 Å². The quantitative estimate of drug-likeness (QED) is 0.611. The van der Waals surface area contributed by atoms with Gasteiger partial charge in [-0.25, -0.2) is 0 Å². The molecule has 0 saturated heterocycles. The molecule has 4 N–H and O–H groups in total. The van der Waals surface area contributed by atoms with Crippen LogP contribution in [0.25, 0.3) is 0 Å². The minimum Gasteiger partial charge on any atom is -0.493 e. The molecule has 2 aromatic carbocycles. The third-order valence-corrected chi connectivity index (χ3v) is 4.25. The number of ether oxygens (including phenoxy) is 2. The Morgan fingerprint density at radius 3 is 2.48 bits per heavy atom. The van der Waals surface area contributed by atoms with Crippen molar-refractivity contribution in [2.45, 2.75) is 32.0 Å². The van der Waals surface area contributed by atoms with Gasteiger partial charge in [-0.15, -0.1) is 0 Å². The summed E-state index contributed by atoms with van der Waals surface area (Å²) in [6, 6.07) is 15.4. The normalized spacial score (nSPS) is 13.3. The number of aliphatic hydroxyl groups excluding tert-OH is 2. The lowest BCUT2D eigenvalue weighted by molar-refractivity contribution is -0.706. The third kappa shape index (κ3) is 5.74. The van der Waals surface area contributed by atoms with Gasteiger partial charge in [0, 0.05) is 5.56 Å². The van der Waals surface area contributed by atoms with Gasteiger partial charge in [-0.05, 0) is 30.2 Å². The molecule has 2 rings (SSSR count). The van der Waals surface area contributed by atoms with E-state index in [1.165, 1.54) is 0 Å². The Bertz CT molecular complexity index is 629. The summed E-state index contributed by atoms with van der Waals surface area (Å²) in [6.45, 7) is 3.16. The fraction of sp³-hybridized carbons (Fsp3) is 0.400. The van der Waals surface area contributed by atoms with Crippen LogP contribution in [0.4, 0.5) is 0 Å². The molecule has 0 aliphatic heterocycles. The smallest absolute Gasteiger partial charge is 0.161 e. The molecule has 0 aromatic heterocycles. The van der Waals surface area contributed by atoms with E-state index in [1.807, 2.05) is 48.5 Å². The van der Waals surface area contributed by atoms with Crippen LogP contribution in [-0.2, 0) is 6.54 Å². The van der Waals surface area contributed by atoms with Crippen molar-refractivity contribution in [3.05, 3.63) is 59.7 Å². The van der Waals surface area contributed by atoms with Gasteiger partial charge in [-0.3, -0.25) is 0 Å². The van der Waals surface area contributed by atoms with E-state index >= 15 is 0 Å². The van der Waals surface area contributed by atoms with Crippen LogP contribution in [0.5, 0.6) is 11.5 Å². The molecule has 0 unspecified atom stereocenters. The summed E-state index contributed by atoms with van der Waals surface area (Å²) < 4.78 is 11.2. The van der Waals surface area contributed by atoms with Crippen LogP contribution < -0.4 is 14.8 Å². The fourth-order valence-electron chi connectivity index (χ4n) is 2.57. The number of methoxy groups -OCH3 is 1. The first kappa shape index (κ1) is 19.2. The molecule has 136 valence electrons. The highest BCUT2D eigenvalue weighted by molar-refractivity contribution is 5.42. The number of benzene rings is 2. The zero-order valence-electron chi connectivity index (χ0n) is 14.9. The van der Waals surface area contributed by atoms with Crippen molar-refractivity contribution in [1.29, 1.82) is 0 Å². The number of nitrogens with two attached hydrogens (primary N) is 1. The minimum absolute atomic E-state index is 0.161. The molecule has 0 fully saturated rings. The Labute approximate surface area is 149 Å². The second-order valence-electron chi connectivity index (χ2n) is 6.01. The molecule has 2 aromatic rings. The molecule has 0 aliphatic carbocycles. The lowest BCUT2D eigenvalue weighted by atomic mass is 10.1. The van der Waals surface area contributed by atoms with E-state index in [2.05, 4.69) is 12.2 Å². The van der Waals surface area contributed by atoms with Crippen LogP contribution >= 0.6 is 0 Å². The molecule has 0 radical (unpaired) electrons. The van der Waals surface area contributed by atoms with Crippen molar-refractivity contribution in [2.75, 3.05) is 20.3 Å². The maximum atomic E-state index is 10.2. The molecule has 25 heavy (non-hydrogen) atoms. The van der Waals surface area contributed by atoms with E-state index < -0.39 is 6.10 Å². The molecule has 0 amide bonds. The number of quaternary nitrogens is 1. The topological polar surface area (TPSA) is 75.5 Å².